The van der Waals surface area contributed by atoms with Gasteiger partial charge in [0, 0.05) is 47.5 Å². The molecule has 33 heavy (non-hydrogen) atoms. The zero-order chi connectivity index (χ0) is 23.4. The molecule has 1 aliphatic heterocycles. The van der Waals surface area contributed by atoms with Gasteiger partial charge in [0.2, 0.25) is 0 Å². The highest BCUT2D eigenvalue weighted by atomic mass is 16.6. The minimum Gasteiger partial charge on any atom is -0.507 e. The van der Waals surface area contributed by atoms with Gasteiger partial charge in [-0.25, -0.2) is 0 Å². The number of hydrogen-bond donors (Lipinski definition) is 2. The molecule has 2 N–H and O–H groups in total. The van der Waals surface area contributed by atoms with Gasteiger partial charge in [-0.2, -0.15) is 0 Å². The first-order chi connectivity index (χ1) is 15.9. The summed E-state index contributed by atoms with van der Waals surface area (Å²) in [6.45, 7) is 4.27. The molecule has 0 spiro atoms. The first kappa shape index (κ1) is 23.0. The number of likely N-dealkylation sites (N-methyl/N-ethyl adjacent to an activating group) is 1. The van der Waals surface area contributed by atoms with E-state index in [4.69, 9.17) is 0 Å². The number of allylic oxidation sites excluding steroid dienone is 2. The van der Waals surface area contributed by atoms with Crippen LogP contribution in [-0.4, -0.2) is 46.1 Å². The quantitative estimate of drug-likeness (QED) is 0.424. The van der Waals surface area contributed by atoms with Crippen molar-refractivity contribution in [3.8, 4) is 5.75 Å². The molecule has 2 heterocycles. The number of phenolic OH excluding ortho intramolecular Hbond substituents is 1. The van der Waals surface area contributed by atoms with E-state index in [1.165, 1.54) is 18.6 Å². The largest absolute Gasteiger partial charge is 0.507 e. The lowest BCUT2D eigenvalue weighted by molar-refractivity contribution is -0.384. The summed E-state index contributed by atoms with van der Waals surface area (Å²) in [6.07, 6.45) is 13.1. The summed E-state index contributed by atoms with van der Waals surface area (Å²) in [5.41, 5.74) is 2.66. The van der Waals surface area contributed by atoms with Crippen LogP contribution in [0.3, 0.4) is 0 Å². The Morgan fingerprint density at radius 1 is 1.24 bits per heavy atom. The molecule has 0 bridgehead atoms. The summed E-state index contributed by atoms with van der Waals surface area (Å²) in [7, 11) is 2.16. The number of benzene rings is 1. The molecule has 0 radical (unpaired) electrons. The average Bonchev–Trinajstić information content (AvgIpc) is 2.79. The lowest BCUT2D eigenvalue weighted by Crippen LogP contribution is -2.46. The van der Waals surface area contributed by atoms with Gasteiger partial charge in [-0.1, -0.05) is 19.1 Å². The second-order valence-electron chi connectivity index (χ2n) is 9.16. The number of aromatic hydroxyl groups is 1. The fourth-order valence-electron chi connectivity index (χ4n) is 4.99. The van der Waals surface area contributed by atoms with E-state index in [1.807, 2.05) is 12.3 Å². The molecule has 1 aliphatic carbocycles. The van der Waals surface area contributed by atoms with Crippen molar-refractivity contribution in [2.45, 2.75) is 45.1 Å². The molecule has 1 aromatic heterocycles. The number of nitrogens with one attached hydrogen (secondary N) is 1. The number of likely N-dealkylation sites (tertiary alicyclic amines) is 1. The summed E-state index contributed by atoms with van der Waals surface area (Å²) >= 11 is 0. The Labute approximate surface area is 194 Å². The highest BCUT2D eigenvalue weighted by Crippen LogP contribution is 2.33. The van der Waals surface area contributed by atoms with E-state index in [0.29, 0.717) is 11.6 Å². The smallest absolute Gasteiger partial charge is 0.273 e. The Morgan fingerprint density at radius 3 is 2.85 bits per heavy atom. The number of fused-ring (bicyclic) bond motifs is 1. The maximum Gasteiger partial charge on any atom is 0.273 e. The molecular weight excluding hydrogens is 416 g/mol. The Balaban J connectivity index is 1.94. The standard InChI is InChI=1S/C26H32N4O3/c1-18-7-4-3-5-9-24(28-19-8-6-14-29(2)17-19)23-16-27-13-12-21(23)26(18)22-11-10-20(30(32)33)15-25(22)31/h3-4,10-13,15-16,18-19,28,31H,5-9,14,17H2,1-2H3/b4-3+,24-23+,26-21+/t18?,19-/m1/s1. The van der Waals surface area contributed by atoms with Gasteiger partial charge >= 0.3 is 0 Å². The van der Waals surface area contributed by atoms with Crippen LogP contribution in [0.1, 0.15) is 44.6 Å². The van der Waals surface area contributed by atoms with Crippen molar-refractivity contribution in [3.05, 3.63) is 74.9 Å². The Morgan fingerprint density at radius 2 is 2.09 bits per heavy atom. The summed E-state index contributed by atoms with van der Waals surface area (Å²) in [5.74, 6) is 0.0354. The zero-order valence-electron chi connectivity index (χ0n) is 19.3. The van der Waals surface area contributed by atoms with E-state index in [9.17, 15) is 15.2 Å². The lowest BCUT2D eigenvalue weighted by atomic mass is 9.87. The van der Waals surface area contributed by atoms with Crippen molar-refractivity contribution in [3.63, 3.8) is 0 Å². The van der Waals surface area contributed by atoms with E-state index in [2.05, 4.69) is 41.3 Å². The second-order valence-corrected chi connectivity index (χ2v) is 9.16. The molecule has 0 saturated carbocycles. The first-order valence-electron chi connectivity index (χ1n) is 11.7. The molecule has 174 valence electrons. The van der Waals surface area contributed by atoms with Crippen molar-refractivity contribution < 1.29 is 10.0 Å². The van der Waals surface area contributed by atoms with E-state index < -0.39 is 4.92 Å². The molecule has 2 aromatic rings. The topological polar surface area (TPSA) is 91.5 Å². The van der Waals surface area contributed by atoms with Gasteiger partial charge in [-0.15, -0.1) is 0 Å². The fourth-order valence-corrected chi connectivity index (χ4v) is 4.99. The van der Waals surface area contributed by atoms with Crippen molar-refractivity contribution >= 4 is 17.0 Å². The SMILES string of the molecule is CC1C/C=C/CC/C(N[C@@H]2CCCN(C)C2)=c2/cncc/c2=C/1c1ccc([N+](=O)[O-])cc1O. The van der Waals surface area contributed by atoms with Crippen LogP contribution < -0.4 is 15.8 Å². The van der Waals surface area contributed by atoms with Crippen LogP contribution in [0.2, 0.25) is 0 Å². The fraction of sp³-hybridized carbons (Fsp3) is 0.423. The van der Waals surface area contributed by atoms with Crippen molar-refractivity contribution in [2.24, 2.45) is 5.92 Å². The molecule has 0 amide bonds. The average molecular weight is 449 g/mol. The van der Waals surface area contributed by atoms with E-state index in [1.54, 1.807) is 12.3 Å². The van der Waals surface area contributed by atoms with Crippen LogP contribution in [0.25, 0.3) is 11.3 Å². The minimum absolute atomic E-state index is 0.0711. The van der Waals surface area contributed by atoms with Gasteiger partial charge in [-0.3, -0.25) is 15.1 Å². The third-order valence-electron chi connectivity index (χ3n) is 6.63. The number of hydrogen-bond acceptors (Lipinski definition) is 6. The number of piperidine rings is 1. The number of nitro groups is 1. The predicted molar refractivity (Wildman–Crippen MR) is 130 cm³/mol. The summed E-state index contributed by atoms with van der Waals surface area (Å²) < 4.78 is 0. The van der Waals surface area contributed by atoms with Gasteiger partial charge in [-0.05, 0) is 74.5 Å². The number of nitro benzene ring substituents is 1. The highest BCUT2D eigenvalue weighted by Gasteiger charge is 2.21. The first-order valence-corrected chi connectivity index (χ1v) is 11.7. The third-order valence-corrected chi connectivity index (χ3v) is 6.63. The van der Waals surface area contributed by atoms with Crippen molar-refractivity contribution in [1.82, 2.24) is 15.2 Å². The Bertz CT molecular complexity index is 1170. The minimum atomic E-state index is -0.484. The summed E-state index contributed by atoms with van der Waals surface area (Å²) in [6, 6.07) is 6.76. The highest BCUT2D eigenvalue weighted by molar-refractivity contribution is 5.73. The number of rotatable bonds is 4. The molecule has 1 saturated heterocycles. The molecule has 2 aliphatic rings. The van der Waals surface area contributed by atoms with Crippen LogP contribution in [0.15, 0.2) is 48.8 Å². The van der Waals surface area contributed by atoms with E-state index in [-0.39, 0.29) is 17.4 Å². The Kier molecular flexibility index (Phi) is 7.08. The van der Waals surface area contributed by atoms with E-state index >= 15 is 0 Å². The number of pyridine rings is 1. The van der Waals surface area contributed by atoms with Crippen LogP contribution >= 0.6 is 0 Å². The molecule has 1 unspecified atom stereocenters. The molecule has 1 aromatic carbocycles. The number of phenols is 1. The molecular formula is C26H32N4O3. The number of nitrogens with zero attached hydrogens (tertiary/aromatic N) is 3. The van der Waals surface area contributed by atoms with Crippen molar-refractivity contribution in [2.75, 3.05) is 20.1 Å². The van der Waals surface area contributed by atoms with Gasteiger partial charge in [0.15, 0.2) is 0 Å². The third kappa shape index (κ3) is 5.25. The molecule has 7 nitrogen and oxygen atoms in total. The normalized spacial score (nSPS) is 26.2. The summed E-state index contributed by atoms with van der Waals surface area (Å²) in [5, 5.41) is 27.9. The van der Waals surface area contributed by atoms with Crippen molar-refractivity contribution in [1.29, 1.82) is 0 Å². The number of aromatic nitrogens is 1. The maximum atomic E-state index is 11.2. The molecule has 1 fully saturated rings. The van der Waals surface area contributed by atoms with Gasteiger partial charge in [0.25, 0.3) is 5.69 Å². The predicted octanol–water partition coefficient (Wildman–Crippen LogP) is 3.06. The monoisotopic (exact) mass is 448 g/mol. The lowest BCUT2D eigenvalue weighted by Gasteiger charge is -2.32. The maximum absolute atomic E-state index is 11.2. The Hall–Kier alpha value is -3.19. The molecule has 7 heteroatoms. The van der Waals surface area contributed by atoms with Crippen LogP contribution in [-0.2, 0) is 0 Å². The second kappa shape index (κ2) is 10.2. The van der Waals surface area contributed by atoms with E-state index in [0.717, 1.165) is 60.5 Å². The summed E-state index contributed by atoms with van der Waals surface area (Å²) in [4.78, 5) is 17.5. The molecule has 2 atom stereocenters. The number of non-ortho nitro benzene ring substituents is 1. The van der Waals surface area contributed by atoms with Crippen LogP contribution in [0.4, 0.5) is 5.69 Å². The van der Waals surface area contributed by atoms with Crippen LogP contribution in [0.5, 0.6) is 5.75 Å². The zero-order valence-corrected chi connectivity index (χ0v) is 19.3. The van der Waals surface area contributed by atoms with Gasteiger partial charge < -0.3 is 15.3 Å². The van der Waals surface area contributed by atoms with Crippen LogP contribution in [0, 0.1) is 16.0 Å². The van der Waals surface area contributed by atoms with Gasteiger partial charge in [0.05, 0.1) is 11.0 Å². The van der Waals surface area contributed by atoms with Gasteiger partial charge in [0.1, 0.15) is 5.75 Å². The molecule has 4 rings (SSSR count).